The van der Waals surface area contributed by atoms with Gasteiger partial charge in [-0.05, 0) is 42.9 Å². The number of nitrogens with one attached hydrogen (secondary N) is 1. The Balaban J connectivity index is 1.74. The second-order valence-electron chi connectivity index (χ2n) is 4.68. The predicted octanol–water partition coefficient (Wildman–Crippen LogP) is 3.96. The summed E-state index contributed by atoms with van der Waals surface area (Å²) in [5, 5.41) is 8.34. The highest BCUT2D eigenvalue weighted by Gasteiger charge is 2.20. The standard InChI is InChI=1S/C14H15ClN2OS/c1-9-6-11(17-18-9)8-16-13-4-5-19-14-3-2-10(15)7-12(13)14/h2-3,6-7,13,16H,4-5,8H2,1H3. The fourth-order valence-corrected chi connectivity index (χ4v) is 3.59. The Morgan fingerprint density at radius 1 is 1.47 bits per heavy atom. The van der Waals surface area contributed by atoms with Crippen LogP contribution in [-0.4, -0.2) is 10.9 Å². The van der Waals surface area contributed by atoms with Gasteiger partial charge in [0.15, 0.2) is 0 Å². The first-order chi connectivity index (χ1) is 9.22. The van der Waals surface area contributed by atoms with Crippen LogP contribution in [0.4, 0.5) is 0 Å². The second-order valence-corrected chi connectivity index (χ2v) is 6.25. The Hall–Kier alpha value is -0.970. The maximum atomic E-state index is 6.10. The molecule has 0 amide bonds. The van der Waals surface area contributed by atoms with E-state index in [-0.39, 0.29) is 0 Å². The van der Waals surface area contributed by atoms with Crippen LogP contribution in [0.1, 0.15) is 29.5 Å². The van der Waals surface area contributed by atoms with Gasteiger partial charge in [0.25, 0.3) is 0 Å². The number of rotatable bonds is 3. The van der Waals surface area contributed by atoms with Crippen molar-refractivity contribution in [3.8, 4) is 0 Å². The predicted molar refractivity (Wildman–Crippen MR) is 77.6 cm³/mol. The van der Waals surface area contributed by atoms with Gasteiger partial charge in [0.05, 0.1) is 5.69 Å². The number of hydrogen-bond donors (Lipinski definition) is 1. The van der Waals surface area contributed by atoms with Crippen LogP contribution in [0, 0.1) is 6.92 Å². The van der Waals surface area contributed by atoms with Gasteiger partial charge in [-0.1, -0.05) is 16.8 Å². The Morgan fingerprint density at radius 3 is 3.16 bits per heavy atom. The van der Waals surface area contributed by atoms with Crippen LogP contribution in [0.2, 0.25) is 5.02 Å². The van der Waals surface area contributed by atoms with Crippen LogP contribution in [0.15, 0.2) is 33.7 Å². The molecule has 3 rings (SSSR count). The Kier molecular flexibility index (Phi) is 3.82. The maximum Gasteiger partial charge on any atom is 0.133 e. The monoisotopic (exact) mass is 294 g/mol. The summed E-state index contributed by atoms with van der Waals surface area (Å²) in [6, 6.07) is 8.43. The van der Waals surface area contributed by atoms with Gasteiger partial charge in [-0.3, -0.25) is 0 Å². The summed E-state index contributed by atoms with van der Waals surface area (Å²) in [7, 11) is 0. The first-order valence-electron chi connectivity index (χ1n) is 6.30. The molecule has 0 spiro atoms. The lowest BCUT2D eigenvalue weighted by Crippen LogP contribution is -2.24. The molecule has 5 heteroatoms. The van der Waals surface area contributed by atoms with Crippen molar-refractivity contribution in [1.82, 2.24) is 10.5 Å². The van der Waals surface area contributed by atoms with Gasteiger partial charge < -0.3 is 9.84 Å². The molecule has 0 aliphatic carbocycles. The van der Waals surface area contributed by atoms with Crippen LogP contribution in [-0.2, 0) is 6.54 Å². The molecule has 2 heterocycles. The molecule has 1 unspecified atom stereocenters. The molecular weight excluding hydrogens is 280 g/mol. The van der Waals surface area contributed by atoms with Crippen molar-refractivity contribution in [1.29, 1.82) is 0 Å². The first kappa shape index (κ1) is 13.0. The molecule has 0 bridgehead atoms. The van der Waals surface area contributed by atoms with Gasteiger partial charge in [-0.2, -0.15) is 0 Å². The summed E-state index contributed by atoms with van der Waals surface area (Å²) in [6.07, 6.45) is 1.11. The molecule has 3 nitrogen and oxygen atoms in total. The zero-order chi connectivity index (χ0) is 13.2. The van der Waals surface area contributed by atoms with E-state index in [1.54, 1.807) is 0 Å². The topological polar surface area (TPSA) is 38.1 Å². The molecule has 1 aromatic heterocycles. The number of hydrogen-bond acceptors (Lipinski definition) is 4. The van der Waals surface area contributed by atoms with Gasteiger partial charge in [0.1, 0.15) is 5.76 Å². The summed E-state index contributed by atoms with van der Waals surface area (Å²) in [6.45, 7) is 2.63. The molecule has 0 radical (unpaired) electrons. The number of fused-ring (bicyclic) bond motifs is 1. The SMILES string of the molecule is Cc1cc(CNC2CCSc3ccc(Cl)cc32)no1. The quantitative estimate of drug-likeness (QED) is 0.930. The average molecular weight is 295 g/mol. The second kappa shape index (κ2) is 5.57. The summed E-state index contributed by atoms with van der Waals surface area (Å²) in [5.74, 6) is 1.98. The van der Waals surface area contributed by atoms with Crippen molar-refractivity contribution in [2.24, 2.45) is 0 Å². The van der Waals surface area contributed by atoms with Crippen LogP contribution in [0.25, 0.3) is 0 Å². The largest absolute Gasteiger partial charge is 0.361 e. The van der Waals surface area contributed by atoms with E-state index in [0.717, 1.165) is 35.2 Å². The minimum absolute atomic E-state index is 0.340. The van der Waals surface area contributed by atoms with Crippen LogP contribution in [0.3, 0.4) is 0 Å². The lowest BCUT2D eigenvalue weighted by molar-refractivity contribution is 0.384. The molecule has 19 heavy (non-hydrogen) atoms. The summed E-state index contributed by atoms with van der Waals surface area (Å²) < 4.78 is 5.08. The Morgan fingerprint density at radius 2 is 2.37 bits per heavy atom. The van der Waals surface area contributed by atoms with Crippen LogP contribution >= 0.6 is 23.4 Å². The Labute approximate surface area is 121 Å². The normalized spacial score (nSPS) is 18.3. The Bertz CT molecular complexity index is 585. The highest BCUT2D eigenvalue weighted by molar-refractivity contribution is 7.99. The van der Waals surface area contributed by atoms with E-state index in [4.69, 9.17) is 16.1 Å². The molecule has 1 N–H and O–H groups in total. The number of thioether (sulfide) groups is 1. The van der Waals surface area contributed by atoms with Crippen molar-refractivity contribution < 1.29 is 4.52 Å². The molecule has 1 aliphatic rings. The fourth-order valence-electron chi connectivity index (χ4n) is 2.31. The highest BCUT2D eigenvalue weighted by Crippen LogP contribution is 2.37. The van der Waals surface area contributed by atoms with Crippen molar-refractivity contribution >= 4 is 23.4 Å². The third-order valence-corrected chi connectivity index (χ3v) is 4.58. The van der Waals surface area contributed by atoms with Crippen molar-refractivity contribution in [2.75, 3.05) is 5.75 Å². The summed E-state index contributed by atoms with van der Waals surface area (Å²) in [5.41, 5.74) is 2.24. The minimum Gasteiger partial charge on any atom is -0.361 e. The lowest BCUT2D eigenvalue weighted by Gasteiger charge is -2.26. The molecule has 1 atom stereocenters. The van der Waals surface area contributed by atoms with Gasteiger partial charge in [-0.25, -0.2) is 0 Å². The van der Waals surface area contributed by atoms with Gasteiger partial charge in [0.2, 0.25) is 0 Å². The number of aryl methyl sites for hydroxylation is 1. The van der Waals surface area contributed by atoms with Gasteiger partial charge in [-0.15, -0.1) is 11.8 Å². The van der Waals surface area contributed by atoms with E-state index in [0.29, 0.717) is 6.04 Å². The lowest BCUT2D eigenvalue weighted by atomic mass is 10.0. The van der Waals surface area contributed by atoms with E-state index in [2.05, 4.69) is 22.6 Å². The van der Waals surface area contributed by atoms with E-state index in [1.807, 2.05) is 30.8 Å². The number of nitrogens with zero attached hydrogens (tertiary/aromatic N) is 1. The van der Waals surface area contributed by atoms with E-state index < -0.39 is 0 Å². The van der Waals surface area contributed by atoms with Crippen molar-refractivity contribution in [3.05, 3.63) is 46.3 Å². The highest BCUT2D eigenvalue weighted by atomic mass is 35.5. The maximum absolute atomic E-state index is 6.10. The van der Waals surface area contributed by atoms with Gasteiger partial charge >= 0.3 is 0 Å². The minimum atomic E-state index is 0.340. The van der Waals surface area contributed by atoms with E-state index in [1.165, 1.54) is 10.5 Å². The third-order valence-electron chi connectivity index (χ3n) is 3.22. The smallest absolute Gasteiger partial charge is 0.133 e. The molecule has 1 aliphatic heterocycles. The zero-order valence-electron chi connectivity index (χ0n) is 10.6. The molecule has 0 saturated heterocycles. The number of benzene rings is 1. The summed E-state index contributed by atoms with van der Waals surface area (Å²) in [4.78, 5) is 1.32. The number of halogens is 1. The number of aromatic nitrogens is 1. The van der Waals surface area contributed by atoms with Crippen molar-refractivity contribution in [3.63, 3.8) is 0 Å². The van der Waals surface area contributed by atoms with Crippen LogP contribution in [0.5, 0.6) is 0 Å². The molecule has 2 aromatic rings. The zero-order valence-corrected chi connectivity index (χ0v) is 12.2. The average Bonchev–Trinajstić information content (AvgIpc) is 2.82. The molecule has 0 fully saturated rings. The van der Waals surface area contributed by atoms with Crippen LogP contribution < -0.4 is 5.32 Å². The van der Waals surface area contributed by atoms with Crippen molar-refractivity contribution in [2.45, 2.75) is 30.8 Å². The molecular formula is C14H15ClN2OS. The van der Waals surface area contributed by atoms with E-state index in [9.17, 15) is 0 Å². The summed E-state index contributed by atoms with van der Waals surface area (Å²) >= 11 is 7.99. The molecule has 1 aromatic carbocycles. The first-order valence-corrected chi connectivity index (χ1v) is 7.66. The molecule has 0 saturated carbocycles. The fraction of sp³-hybridized carbons (Fsp3) is 0.357. The third kappa shape index (κ3) is 2.96. The van der Waals surface area contributed by atoms with Gasteiger partial charge in [0, 0.05) is 28.6 Å². The molecule has 100 valence electrons. The van der Waals surface area contributed by atoms with E-state index >= 15 is 0 Å².